The van der Waals surface area contributed by atoms with Crippen molar-refractivity contribution in [3.8, 4) is 0 Å². The summed E-state index contributed by atoms with van der Waals surface area (Å²) >= 11 is 0. The second-order valence-electron chi connectivity index (χ2n) is 9.01. The lowest BCUT2D eigenvalue weighted by Crippen LogP contribution is -2.38. The van der Waals surface area contributed by atoms with Crippen LogP contribution in [-0.2, 0) is 33.6 Å². The molecule has 3 aromatic rings. The highest BCUT2D eigenvalue weighted by Gasteiger charge is 2.37. The molecule has 1 N–H and O–H groups in total. The van der Waals surface area contributed by atoms with Crippen LogP contribution in [0.15, 0.2) is 82.4 Å². The normalized spacial score (nSPS) is 15.9. The number of hydrogen-bond acceptors (Lipinski definition) is 5. The number of hydrogen-bond donors (Lipinski definition) is 1. The smallest absolute Gasteiger partial charge is 0.416 e. The third kappa shape index (κ3) is 6.39. The molecule has 2 heterocycles. The third-order valence-corrected chi connectivity index (χ3v) is 6.43. The quantitative estimate of drug-likeness (QED) is 0.377. The van der Waals surface area contributed by atoms with Crippen molar-refractivity contribution in [1.82, 2.24) is 10.2 Å². The molecule has 1 aromatic heterocycles. The first-order valence-corrected chi connectivity index (χ1v) is 12.3. The minimum atomic E-state index is -4.48. The van der Waals surface area contributed by atoms with Gasteiger partial charge >= 0.3 is 12.1 Å². The van der Waals surface area contributed by atoms with Crippen molar-refractivity contribution in [2.24, 2.45) is 0 Å². The molecule has 0 fully saturated rings. The van der Waals surface area contributed by atoms with E-state index in [0.29, 0.717) is 17.0 Å². The van der Waals surface area contributed by atoms with E-state index in [1.807, 2.05) is 30.3 Å². The topological polar surface area (TPSA) is 88.8 Å². The Morgan fingerprint density at radius 2 is 1.82 bits per heavy atom. The summed E-state index contributed by atoms with van der Waals surface area (Å²) in [5.41, 5.74) is 1.12. The van der Waals surface area contributed by atoms with Crippen molar-refractivity contribution in [3.05, 3.63) is 106 Å². The van der Waals surface area contributed by atoms with Crippen LogP contribution in [0, 0.1) is 0 Å². The molecule has 39 heavy (non-hydrogen) atoms. The molecule has 0 aliphatic carbocycles. The molecule has 0 radical (unpaired) electrons. The summed E-state index contributed by atoms with van der Waals surface area (Å²) in [7, 11) is 0. The summed E-state index contributed by atoms with van der Waals surface area (Å²) in [4.78, 5) is 40.0. The standard InChI is InChI=1S/C29H27F3N2O5/c1-3-38-28(37)26-18(2)34(25(35)15-23(26)20-9-5-4-6-10-20)17-22-12-13-24(39-22)27(36)33-16-19-8-7-11-21(14-19)29(30,31)32/h4-14,23H,3,15-17H2,1-2H3,(H,33,36). The summed E-state index contributed by atoms with van der Waals surface area (Å²) in [6.07, 6.45) is -4.43. The van der Waals surface area contributed by atoms with Gasteiger partial charge in [-0.3, -0.25) is 9.59 Å². The number of benzene rings is 2. The van der Waals surface area contributed by atoms with E-state index < -0.39 is 29.5 Å². The van der Waals surface area contributed by atoms with Crippen LogP contribution in [0.1, 0.15) is 59.2 Å². The molecule has 4 rings (SSSR count). The van der Waals surface area contributed by atoms with E-state index in [9.17, 15) is 27.6 Å². The lowest BCUT2D eigenvalue weighted by Gasteiger charge is -2.34. The van der Waals surface area contributed by atoms with E-state index in [4.69, 9.17) is 9.15 Å². The van der Waals surface area contributed by atoms with Crippen LogP contribution in [0.4, 0.5) is 13.2 Å². The Kier molecular flexibility index (Phi) is 8.23. The second-order valence-corrected chi connectivity index (χ2v) is 9.01. The number of halogens is 3. The van der Waals surface area contributed by atoms with Crippen molar-refractivity contribution in [2.45, 2.75) is 45.5 Å². The van der Waals surface area contributed by atoms with E-state index >= 15 is 0 Å². The fourth-order valence-corrected chi connectivity index (χ4v) is 4.51. The number of alkyl halides is 3. The van der Waals surface area contributed by atoms with Gasteiger partial charge in [0, 0.05) is 24.6 Å². The summed E-state index contributed by atoms with van der Waals surface area (Å²) in [5.74, 6) is -1.56. The molecule has 10 heteroatoms. The zero-order chi connectivity index (χ0) is 28.2. The molecule has 2 amide bonds. The number of rotatable bonds is 8. The summed E-state index contributed by atoms with van der Waals surface area (Å²) in [6, 6.07) is 16.9. The first kappa shape index (κ1) is 27.7. The molecule has 1 aliphatic heterocycles. The number of allylic oxidation sites excluding steroid dienone is 1. The Bertz CT molecular complexity index is 1400. The maximum atomic E-state index is 13.2. The van der Waals surface area contributed by atoms with Gasteiger partial charge in [-0.2, -0.15) is 13.2 Å². The number of carbonyl (C=O) groups excluding carboxylic acids is 3. The van der Waals surface area contributed by atoms with Crippen LogP contribution in [0.5, 0.6) is 0 Å². The number of esters is 1. The average Bonchev–Trinajstić information content (AvgIpc) is 3.38. The molecular formula is C29H27F3N2O5. The Morgan fingerprint density at radius 1 is 1.08 bits per heavy atom. The van der Waals surface area contributed by atoms with Gasteiger partial charge in [0.2, 0.25) is 5.91 Å². The average molecular weight is 541 g/mol. The number of nitrogens with one attached hydrogen (secondary N) is 1. The van der Waals surface area contributed by atoms with Gasteiger partial charge in [0.1, 0.15) is 5.76 Å². The van der Waals surface area contributed by atoms with Gasteiger partial charge in [-0.15, -0.1) is 0 Å². The molecular weight excluding hydrogens is 513 g/mol. The predicted molar refractivity (Wildman–Crippen MR) is 135 cm³/mol. The lowest BCUT2D eigenvalue weighted by atomic mass is 9.83. The Morgan fingerprint density at radius 3 is 2.51 bits per heavy atom. The van der Waals surface area contributed by atoms with Gasteiger partial charge in [-0.25, -0.2) is 4.79 Å². The van der Waals surface area contributed by atoms with Crippen molar-refractivity contribution < 1.29 is 36.7 Å². The van der Waals surface area contributed by atoms with Crippen molar-refractivity contribution in [3.63, 3.8) is 0 Å². The summed E-state index contributed by atoms with van der Waals surface area (Å²) in [5, 5.41) is 2.54. The molecule has 1 unspecified atom stereocenters. The minimum absolute atomic E-state index is 0.0179. The molecule has 0 spiro atoms. The molecule has 0 bridgehead atoms. The summed E-state index contributed by atoms with van der Waals surface area (Å²) in [6.45, 7) is 3.41. The highest BCUT2D eigenvalue weighted by atomic mass is 19.4. The Hall–Kier alpha value is -4.34. The number of nitrogens with zero attached hydrogens (tertiary/aromatic N) is 1. The van der Waals surface area contributed by atoms with Crippen LogP contribution in [0.25, 0.3) is 0 Å². The summed E-state index contributed by atoms with van der Waals surface area (Å²) < 4.78 is 49.7. The zero-order valence-corrected chi connectivity index (χ0v) is 21.4. The Labute approximate surface area is 223 Å². The van der Waals surface area contributed by atoms with Crippen LogP contribution in [0.3, 0.4) is 0 Å². The van der Waals surface area contributed by atoms with Gasteiger partial charge in [0.05, 0.1) is 24.3 Å². The number of amides is 2. The first-order valence-electron chi connectivity index (χ1n) is 12.3. The lowest BCUT2D eigenvalue weighted by molar-refractivity contribution is -0.140. The number of carbonyl (C=O) groups is 3. The fourth-order valence-electron chi connectivity index (χ4n) is 4.51. The van der Waals surface area contributed by atoms with Gasteiger partial charge in [0.15, 0.2) is 5.76 Å². The van der Waals surface area contributed by atoms with Crippen LogP contribution in [0.2, 0.25) is 0 Å². The van der Waals surface area contributed by atoms with Crippen LogP contribution in [-0.4, -0.2) is 29.3 Å². The van der Waals surface area contributed by atoms with Gasteiger partial charge in [-0.1, -0.05) is 42.5 Å². The molecule has 0 saturated heterocycles. The first-order chi connectivity index (χ1) is 18.6. The minimum Gasteiger partial charge on any atom is -0.463 e. The van der Waals surface area contributed by atoms with E-state index in [-0.39, 0.29) is 43.3 Å². The van der Waals surface area contributed by atoms with Crippen molar-refractivity contribution in [2.75, 3.05) is 6.61 Å². The second kappa shape index (κ2) is 11.6. The zero-order valence-electron chi connectivity index (χ0n) is 21.4. The van der Waals surface area contributed by atoms with Crippen molar-refractivity contribution in [1.29, 1.82) is 0 Å². The number of furan rings is 1. The van der Waals surface area contributed by atoms with Gasteiger partial charge in [0.25, 0.3) is 5.91 Å². The molecule has 7 nitrogen and oxygen atoms in total. The van der Waals surface area contributed by atoms with E-state index in [1.165, 1.54) is 29.2 Å². The molecule has 204 valence electrons. The van der Waals surface area contributed by atoms with Crippen LogP contribution < -0.4 is 5.32 Å². The highest BCUT2D eigenvalue weighted by molar-refractivity contribution is 5.96. The number of ether oxygens (including phenoxy) is 1. The van der Waals surface area contributed by atoms with E-state index in [0.717, 1.165) is 17.7 Å². The van der Waals surface area contributed by atoms with Gasteiger partial charge < -0.3 is 19.4 Å². The monoisotopic (exact) mass is 540 g/mol. The van der Waals surface area contributed by atoms with E-state index in [2.05, 4.69) is 5.32 Å². The van der Waals surface area contributed by atoms with Gasteiger partial charge in [-0.05, 0) is 49.2 Å². The maximum absolute atomic E-state index is 13.2. The maximum Gasteiger partial charge on any atom is 0.416 e. The van der Waals surface area contributed by atoms with Crippen molar-refractivity contribution >= 4 is 17.8 Å². The molecule has 0 saturated carbocycles. The predicted octanol–water partition coefficient (Wildman–Crippen LogP) is 5.58. The molecule has 2 aromatic carbocycles. The molecule has 1 atom stereocenters. The highest BCUT2D eigenvalue weighted by Crippen LogP contribution is 2.37. The van der Waals surface area contributed by atoms with Crippen LogP contribution >= 0.6 is 0 Å². The van der Waals surface area contributed by atoms with E-state index in [1.54, 1.807) is 13.8 Å². The third-order valence-electron chi connectivity index (χ3n) is 6.43. The fraction of sp³-hybridized carbons (Fsp3) is 0.276. The Balaban J connectivity index is 1.49. The SMILES string of the molecule is CCOC(=O)C1=C(C)N(Cc2ccc(C(=O)NCc3cccc(C(F)(F)F)c3)o2)C(=O)CC1c1ccccc1. The molecule has 1 aliphatic rings. The largest absolute Gasteiger partial charge is 0.463 e.